The van der Waals surface area contributed by atoms with E-state index in [1.54, 1.807) is 9.58 Å². The van der Waals surface area contributed by atoms with E-state index in [9.17, 15) is 14.4 Å². The molecule has 182 valence electrons. The third kappa shape index (κ3) is 6.00. The van der Waals surface area contributed by atoms with Gasteiger partial charge in [-0.3, -0.25) is 24.0 Å². The smallest absolute Gasteiger partial charge is 0.276 e. The first-order valence-electron chi connectivity index (χ1n) is 11.8. The molecule has 10 heteroatoms. The highest BCUT2D eigenvalue weighted by Crippen LogP contribution is 2.24. The molecule has 10 nitrogen and oxygen atoms in total. The molecule has 1 fully saturated rings. The number of nitrogens with one attached hydrogen (secondary N) is 2. The second-order valence-electron chi connectivity index (χ2n) is 8.59. The lowest BCUT2D eigenvalue weighted by molar-refractivity contribution is -0.134. The van der Waals surface area contributed by atoms with E-state index in [2.05, 4.69) is 20.6 Å². The Kier molecular flexibility index (Phi) is 7.91. The molecule has 3 amide bonds. The van der Waals surface area contributed by atoms with Crippen LogP contribution in [0.25, 0.3) is 0 Å². The summed E-state index contributed by atoms with van der Waals surface area (Å²) in [4.78, 5) is 41.8. The van der Waals surface area contributed by atoms with Crippen molar-refractivity contribution < 1.29 is 19.1 Å². The molecule has 2 aliphatic rings. The van der Waals surface area contributed by atoms with Crippen LogP contribution >= 0.6 is 0 Å². The number of amides is 3. The molecule has 0 radical (unpaired) electrons. The minimum absolute atomic E-state index is 0.0905. The van der Waals surface area contributed by atoms with Crippen molar-refractivity contribution in [3.63, 3.8) is 0 Å². The Morgan fingerprint density at radius 2 is 1.82 bits per heavy atom. The van der Waals surface area contributed by atoms with Crippen LogP contribution in [0.3, 0.4) is 0 Å². The van der Waals surface area contributed by atoms with Gasteiger partial charge >= 0.3 is 0 Å². The van der Waals surface area contributed by atoms with Gasteiger partial charge in [0.1, 0.15) is 0 Å². The first kappa shape index (κ1) is 23.9. The van der Waals surface area contributed by atoms with Gasteiger partial charge in [-0.2, -0.15) is 5.10 Å². The molecular formula is C24H32N6O4. The summed E-state index contributed by atoms with van der Waals surface area (Å²) in [5, 5.41) is 10.2. The Balaban J connectivity index is 1.27. The predicted octanol–water partition coefficient (Wildman–Crippen LogP) is 0.786. The summed E-state index contributed by atoms with van der Waals surface area (Å²) >= 11 is 0. The van der Waals surface area contributed by atoms with Crippen LogP contribution in [-0.2, 0) is 34.3 Å². The molecule has 34 heavy (non-hydrogen) atoms. The van der Waals surface area contributed by atoms with Crippen LogP contribution in [0.5, 0.6) is 0 Å². The number of benzene rings is 1. The summed E-state index contributed by atoms with van der Waals surface area (Å²) in [6.45, 7) is 5.43. The van der Waals surface area contributed by atoms with Crippen molar-refractivity contribution in [2.45, 2.75) is 25.8 Å². The summed E-state index contributed by atoms with van der Waals surface area (Å²) in [6, 6.07) is 9.21. The number of rotatable bonds is 8. The summed E-state index contributed by atoms with van der Waals surface area (Å²) in [5.74, 6) is -0.507. The summed E-state index contributed by atoms with van der Waals surface area (Å²) in [7, 11) is 1.82. The van der Waals surface area contributed by atoms with Crippen LogP contribution in [0.15, 0.2) is 30.3 Å². The molecule has 2 aromatic rings. The maximum atomic E-state index is 12.9. The van der Waals surface area contributed by atoms with Gasteiger partial charge < -0.3 is 20.3 Å². The Hall–Kier alpha value is -3.24. The van der Waals surface area contributed by atoms with Gasteiger partial charge in [0.05, 0.1) is 13.2 Å². The van der Waals surface area contributed by atoms with Gasteiger partial charge in [-0.05, 0) is 12.1 Å². The number of aromatic nitrogens is 2. The number of ether oxygens (including phenoxy) is 1. The minimum Gasteiger partial charge on any atom is -0.379 e. The highest BCUT2D eigenvalue weighted by Gasteiger charge is 2.29. The van der Waals surface area contributed by atoms with Crippen LogP contribution in [0, 0.1) is 0 Å². The van der Waals surface area contributed by atoms with Crippen molar-refractivity contribution in [2.24, 2.45) is 7.05 Å². The second kappa shape index (κ2) is 11.3. The van der Waals surface area contributed by atoms with Crippen LogP contribution in [0.4, 0.5) is 5.69 Å². The molecule has 0 atom stereocenters. The second-order valence-corrected chi connectivity index (χ2v) is 8.59. The van der Waals surface area contributed by atoms with Crippen LogP contribution < -0.4 is 10.6 Å². The van der Waals surface area contributed by atoms with E-state index in [1.165, 1.54) is 0 Å². The first-order chi connectivity index (χ1) is 16.5. The molecule has 1 saturated heterocycles. The average Bonchev–Trinajstić information content (AvgIpc) is 3.20. The maximum absolute atomic E-state index is 12.9. The van der Waals surface area contributed by atoms with E-state index in [1.807, 2.05) is 37.4 Å². The van der Waals surface area contributed by atoms with Gasteiger partial charge in [0.2, 0.25) is 11.8 Å². The summed E-state index contributed by atoms with van der Waals surface area (Å²) < 4.78 is 7.04. The number of carbonyl (C=O) groups excluding carboxylic acids is 3. The Bertz CT molecular complexity index is 1020. The maximum Gasteiger partial charge on any atom is 0.276 e. The molecule has 1 aromatic heterocycles. The number of hydrogen-bond donors (Lipinski definition) is 2. The molecule has 2 N–H and O–H groups in total. The third-order valence-corrected chi connectivity index (χ3v) is 6.26. The zero-order valence-electron chi connectivity index (χ0n) is 19.6. The Labute approximate surface area is 199 Å². The van der Waals surface area contributed by atoms with Crippen molar-refractivity contribution in [3.8, 4) is 0 Å². The number of para-hydroxylation sites is 1. The molecule has 0 saturated carbocycles. The van der Waals surface area contributed by atoms with E-state index in [4.69, 9.17) is 4.74 Å². The van der Waals surface area contributed by atoms with E-state index in [-0.39, 0.29) is 30.6 Å². The van der Waals surface area contributed by atoms with Crippen LogP contribution in [0.1, 0.15) is 34.6 Å². The number of anilines is 1. The van der Waals surface area contributed by atoms with Gasteiger partial charge in [-0.1, -0.05) is 18.2 Å². The molecule has 3 heterocycles. The van der Waals surface area contributed by atoms with Gasteiger partial charge in [-0.15, -0.1) is 0 Å². The predicted molar refractivity (Wildman–Crippen MR) is 126 cm³/mol. The molecule has 2 aliphatic heterocycles. The largest absolute Gasteiger partial charge is 0.379 e. The molecular weight excluding hydrogens is 436 g/mol. The SMILES string of the molecule is Cn1nc(C(=O)Nc2ccccc2)c2c1CCN(C(=O)CCC(=O)NCCN1CCOCC1)C2. The fraction of sp³-hybridized carbons (Fsp3) is 0.500. The molecule has 0 unspecified atom stereocenters. The van der Waals surface area contributed by atoms with Crippen LogP contribution in [-0.4, -0.2) is 83.2 Å². The number of morpholine rings is 1. The zero-order valence-corrected chi connectivity index (χ0v) is 19.6. The number of aryl methyl sites for hydroxylation is 1. The van der Waals surface area contributed by atoms with Crippen molar-refractivity contribution >= 4 is 23.4 Å². The molecule has 1 aromatic carbocycles. The number of fused-ring (bicyclic) bond motifs is 1. The van der Waals surface area contributed by atoms with Crippen molar-refractivity contribution in [3.05, 3.63) is 47.3 Å². The monoisotopic (exact) mass is 468 g/mol. The van der Waals surface area contributed by atoms with Gasteiger partial charge in [-0.25, -0.2) is 0 Å². The first-order valence-corrected chi connectivity index (χ1v) is 11.8. The minimum atomic E-state index is -0.294. The topological polar surface area (TPSA) is 109 Å². The van der Waals surface area contributed by atoms with Crippen molar-refractivity contribution in [1.82, 2.24) is 24.9 Å². The Morgan fingerprint density at radius 1 is 1.06 bits per heavy atom. The zero-order chi connectivity index (χ0) is 23.9. The van der Waals surface area contributed by atoms with E-state index in [0.717, 1.165) is 44.1 Å². The van der Waals surface area contributed by atoms with E-state index in [0.29, 0.717) is 37.4 Å². The highest BCUT2D eigenvalue weighted by atomic mass is 16.5. The number of nitrogens with zero attached hydrogens (tertiary/aromatic N) is 4. The van der Waals surface area contributed by atoms with Crippen molar-refractivity contribution in [2.75, 3.05) is 51.3 Å². The summed E-state index contributed by atoms with van der Waals surface area (Å²) in [5.41, 5.74) is 2.75. The number of carbonyl (C=O) groups is 3. The van der Waals surface area contributed by atoms with Gasteiger partial charge in [0.25, 0.3) is 5.91 Å². The normalized spacial score (nSPS) is 16.1. The highest BCUT2D eigenvalue weighted by molar-refractivity contribution is 6.04. The van der Waals surface area contributed by atoms with E-state index >= 15 is 0 Å². The van der Waals surface area contributed by atoms with Gasteiger partial charge in [0.15, 0.2) is 5.69 Å². The molecule has 0 aliphatic carbocycles. The lowest BCUT2D eigenvalue weighted by atomic mass is 10.0. The quantitative estimate of drug-likeness (QED) is 0.593. The third-order valence-electron chi connectivity index (χ3n) is 6.26. The standard InChI is InChI=1S/C24H32N6O4/c1-28-20-9-11-30(17-19(20)23(27-28)24(33)26-18-5-3-2-4-6-18)22(32)8-7-21(31)25-10-12-29-13-15-34-16-14-29/h2-6H,7-17H2,1H3,(H,25,31)(H,26,33). The van der Waals surface area contributed by atoms with Gasteiger partial charge in [0, 0.05) is 82.5 Å². The molecule has 4 rings (SSSR count). The lowest BCUT2D eigenvalue weighted by Crippen LogP contribution is -2.41. The fourth-order valence-corrected chi connectivity index (χ4v) is 4.34. The summed E-state index contributed by atoms with van der Waals surface area (Å²) in [6.07, 6.45) is 0.916. The fourth-order valence-electron chi connectivity index (χ4n) is 4.34. The molecule has 0 bridgehead atoms. The molecule has 0 spiro atoms. The number of hydrogen-bond acceptors (Lipinski definition) is 6. The van der Waals surface area contributed by atoms with Crippen LogP contribution in [0.2, 0.25) is 0 Å². The lowest BCUT2D eigenvalue weighted by Gasteiger charge is -2.28. The average molecular weight is 469 g/mol. The Morgan fingerprint density at radius 3 is 2.59 bits per heavy atom. The van der Waals surface area contributed by atoms with E-state index < -0.39 is 0 Å². The van der Waals surface area contributed by atoms with Crippen molar-refractivity contribution in [1.29, 1.82) is 0 Å².